The van der Waals surface area contributed by atoms with E-state index in [2.05, 4.69) is 31.1 Å². The molecular weight excluding hydrogens is 322 g/mol. The number of benzene rings is 2. The first-order valence-electron chi connectivity index (χ1n) is 8.19. The van der Waals surface area contributed by atoms with Crippen LogP contribution in [0.15, 0.2) is 36.4 Å². The van der Waals surface area contributed by atoms with Gasteiger partial charge in [-0.3, -0.25) is 0 Å². The summed E-state index contributed by atoms with van der Waals surface area (Å²) in [5.74, 6) is 1.68. The van der Waals surface area contributed by atoms with Crippen LogP contribution in [-0.2, 0) is 13.0 Å². The Balaban J connectivity index is 2.05. The largest absolute Gasteiger partial charge is 0.496 e. The quantitative estimate of drug-likeness (QED) is 0.689. The number of nitrogens with zero attached hydrogens (tertiary/aromatic N) is 1. The van der Waals surface area contributed by atoms with Gasteiger partial charge in [-0.15, -0.1) is 0 Å². The molecule has 0 saturated carbocycles. The van der Waals surface area contributed by atoms with Gasteiger partial charge in [0, 0.05) is 10.6 Å². The smallest absolute Gasteiger partial charge is 0.125 e. The lowest BCUT2D eigenvalue weighted by Gasteiger charge is -2.14. The van der Waals surface area contributed by atoms with Crippen LogP contribution in [0.4, 0.5) is 0 Å². The van der Waals surface area contributed by atoms with E-state index in [1.165, 1.54) is 5.56 Å². The van der Waals surface area contributed by atoms with Gasteiger partial charge in [-0.1, -0.05) is 17.7 Å². The maximum Gasteiger partial charge on any atom is 0.125 e. The highest BCUT2D eigenvalue weighted by molar-refractivity contribution is 6.31. The van der Waals surface area contributed by atoms with E-state index in [0.717, 1.165) is 47.0 Å². The van der Waals surface area contributed by atoms with Gasteiger partial charge in [0.2, 0.25) is 0 Å². The highest BCUT2D eigenvalue weighted by Crippen LogP contribution is 2.25. The maximum absolute atomic E-state index is 6.06. The lowest BCUT2D eigenvalue weighted by molar-refractivity contribution is 0.296. The van der Waals surface area contributed by atoms with Gasteiger partial charge in [0.15, 0.2) is 0 Å². The van der Waals surface area contributed by atoms with E-state index in [0.29, 0.717) is 6.61 Å². The molecule has 0 aliphatic heterocycles. The third-order valence-electron chi connectivity index (χ3n) is 3.94. The molecule has 0 heterocycles. The van der Waals surface area contributed by atoms with Crippen molar-refractivity contribution in [1.82, 2.24) is 4.90 Å². The number of hydrogen-bond donors (Lipinski definition) is 0. The number of rotatable bonds is 8. The lowest BCUT2D eigenvalue weighted by atomic mass is 10.1. The second kappa shape index (κ2) is 8.95. The average molecular weight is 348 g/mol. The predicted octanol–water partition coefficient (Wildman–Crippen LogP) is 4.73. The van der Waals surface area contributed by atoms with Gasteiger partial charge in [0.05, 0.1) is 7.11 Å². The summed E-state index contributed by atoms with van der Waals surface area (Å²) in [6.07, 6.45) is 2.19. The molecule has 0 unspecified atom stereocenters. The number of ether oxygens (including phenoxy) is 2. The second-order valence-electron chi connectivity index (χ2n) is 6.25. The Kier molecular flexibility index (Phi) is 6.95. The molecule has 2 rings (SSSR count). The zero-order valence-electron chi connectivity index (χ0n) is 14.9. The Bertz CT molecular complexity index is 671. The summed E-state index contributed by atoms with van der Waals surface area (Å²) in [4.78, 5) is 2.20. The van der Waals surface area contributed by atoms with Crippen molar-refractivity contribution in [2.45, 2.75) is 26.4 Å². The van der Waals surface area contributed by atoms with Crippen molar-refractivity contribution in [2.24, 2.45) is 0 Å². The highest BCUT2D eigenvalue weighted by atomic mass is 35.5. The van der Waals surface area contributed by atoms with Crippen LogP contribution in [0.2, 0.25) is 5.02 Å². The van der Waals surface area contributed by atoms with Crippen LogP contribution in [-0.4, -0.2) is 32.6 Å². The molecule has 0 fully saturated rings. The zero-order chi connectivity index (χ0) is 17.5. The van der Waals surface area contributed by atoms with Gasteiger partial charge in [-0.05, 0) is 81.9 Å². The number of aryl methyl sites for hydroxylation is 2. The first-order valence-corrected chi connectivity index (χ1v) is 8.57. The van der Waals surface area contributed by atoms with E-state index < -0.39 is 0 Å². The van der Waals surface area contributed by atoms with Gasteiger partial charge in [-0.2, -0.15) is 0 Å². The zero-order valence-corrected chi connectivity index (χ0v) is 15.7. The Morgan fingerprint density at radius 1 is 1.08 bits per heavy atom. The van der Waals surface area contributed by atoms with Gasteiger partial charge >= 0.3 is 0 Å². The summed E-state index contributed by atoms with van der Waals surface area (Å²) in [5.41, 5.74) is 3.38. The fourth-order valence-electron chi connectivity index (χ4n) is 2.57. The van der Waals surface area contributed by atoms with Gasteiger partial charge < -0.3 is 14.4 Å². The molecule has 0 radical (unpaired) electrons. The van der Waals surface area contributed by atoms with Crippen LogP contribution in [0.5, 0.6) is 11.5 Å². The van der Waals surface area contributed by atoms with Gasteiger partial charge in [0.25, 0.3) is 0 Å². The van der Waals surface area contributed by atoms with Gasteiger partial charge in [-0.25, -0.2) is 0 Å². The topological polar surface area (TPSA) is 21.7 Å². The molecule has 3 nitrogen and oxygen atoms in total. The Labute approximate surface area is 150 Å². The third kappa shape index (κ3) is 5.43. The predicted molar refractivity (Wildman–Crippen MR) is 100 cm³/mol. The SMILES string of the molecule is COc1ccc(CCCN(C)C)cc1COc1ccc(Cl)c(C)c1. The Morgan fingerprint density at radius 2 is 1.88 bits per heavy atom. The molecule has 0 N–H and O–H groups in total. The first kappa shape index (κ1) is 18.6. The minimum absolute atomic E-state index is 0.478. The summed E-state index contributed by atoms with van der Waals surface area (Å²) >= 11 is 6.06. The summed E-state index contributed by atoms with van der Waals surface area (Å²) in [5, 5.41) is 0.753. The second-order valence-corrected chi connectivity index (χ2v) is 6.66. The minimum Gasteiger partial charge on any atom is -0.496 e. The Morgan fingerprint density at radius 3 is 2.54 bits per heavy atom. The molecule has 0 aromatic heterocycles. The van der Waals surface area contributed by atoms with Crippen molar-refractivity contribution < 1.29 is 9.47 Å². The monoisotopic (exact) mass is 347 g/mol. The highest BCUT2D eigenvalue weighted by Gasteiger charge is 2.07. The molecule has 2 aromatic rings. The normalized spacial score (nSPS) is 10.9. The minimum atomic E-state index is 0.478. The lowest BCUT2D eigenvalue weighted by Crippen LogP contribution is -2.13. The van der Waals surface area contributed by atoms with E-state index in [4.69, 9.17) is 21.1 Å². The molecule has 0 aliphatic rings. The van der Waals surface area contributed by atoms with Crippen LogP contribution >= 0.6 is 11.6 Å². The standard InChI is InChI=1S/C20H26ClNO2/c1-15-12-18(8-9-19(15)21)24-14-17-13-16(6-5-11-22(2)3)7-10-20(17)23-4/h7-10,12-13H,5-6,11,14H2,1-4H3. The summed E-state index contributed by atoms with van der Waals surface area (Å²) in [6, 6.07) is 12.0. The average Bonchev–Trinajstić information content (AvgIpc) is 2.56. The summed E-state index contributed by atoms with van der Waals surface area (Å²) in [6.45, 7) is 3.54. The molecule has 0 saturated heterocycles. The molecule has 0 atom stereocenters. The molecule has 0 amide bonds. The molecule has 0 aliphatic carbocycles. The van der Waals surface area contributed by atoms with Crippen molar-refractivity contribution >= 4 is 11.6 Å². The Hall–Kier alpha value is -1.71. The van der Waals surface area contributed by atoms with Crippen molar-refractivity contribution in [1.29, 1.82) is 0 Å². The van der Waals surface area contributed by atoms with Gasteiger partial charge in [0.1, 0.15) is 18.1 Å². The molecular formula is C20H26ClNO2. The summed E-state index contributed by atoms with van der Waals surface area (Å²) in [7, 11) is 5.89. The molecule has 130 valence electrons. The van der Waals surface area contributed by atoms with Crippen LogP contribution in [0.1, 0.15) is 23.1 Å². The number of hydrogen-bond acceptors (Lipinski definition) is 3. The fraction of sp³-hybridized carbons (Fsp3) is 0.400. The molecule has 4 heteroatoms. The molecule has 24 heavy (non-hydrogen) atoms. The van der Waals surface area contributed by atoms with Crippen LogP contribution in [0.3, 0.4) is 0 Å². The maximum atomic E-state index is 6.06. The van der Waals surface area contributed by atoms with E-state index in [1.54, 1.807) is 7.11 Å². The molecule has 0 spiro atoms. The van der Waals surface area contributed by atoms with Crippen molar-refractivity contribution in [3.8, 4) is 11.5 Å². The third-order valence-corrected chi connectivity index (χ3v) is 4.36. The van der Waals surface area contributed by atoms with E-state index in [-0.39, 0.29) is 0 Å². The van der Waals surface area contributed by atoms with Crippen molar-refractivity contribution in [3.05, 3.63) is 58.1 Å². The van der Waals surface area contributed by atoms with E-state index in [9.17, 15) is 0 Å². The van der Waals surface area contributed by atoms with Crippen LogP contribution < -0.4 is 9.47 Å². The van der Waals surface area contributed by atoms with E-state index >= 15 is 0 Å². The van der Waals surface area contributed by atoms with Crippen LogP contribution in [0, 0.1) is 6.92 Å². The van der Waals surface area contributed by atoms with Crippen molar-refractivity contribution in [2.75, 3.05) is 27.7 Å². The number of methoxy groups -OCH3 is 1. The first-order chi connectivity index (χ1) is 11.5. The number of halogens is 1. The molecule has 0 bridgehead atoms. The van der Waals surface area contributed by atoms with E-state index in [1.807, 2.05) is 31.2 Å². The molecule has 2 aromatic carbocycles. The van der Waals surface area contributed by atoms with Crippen molar-refractivity contribution in [3.63, 3.8) is 0 Å². The summed E-state index contributed by atoms with van der Waals surface area (Å²) < 4.78 is 11.4. The fourth-order valence-corrected chi connectivity index (χ4v) is 2.69. The van der Waals surface area contributed by atoms with Crippen LogP contribution in [0.25, 0.3) is 0 Å².